The van der Waals surface area contributed by atoms with Gasteiger partial charge in [-0.15, -0.1) is 0 Å². The summed E-state index contributed by atoms with van der Waals surface area (Å²) in [6, 6.07) is 0. The van der Waals surface area contributed by atoms with E-state index in [1.165, 1.54) is 0 Å². The monoisotopic (exact) mass is 430 g/mol. The van der Waals surface area contributed by atoms with Gasteiger partial charge in [0.15, 0.2) is 6.10 Å². The highest BCUT2D eigenvalue weighted by atomic mass is 16.6. The molecule has 0 aliphatic heterocycles. The maximum absolute atomic E-state index is 11.7. The first kappa shape index (κ1) is 28.3. The first-order valence-electron chi connectivity index (χ1n) is 7.65. The number of carbonyl (C=O) groups is 6. The maximum atomic E-state index is 11.7. The largest absolute Gasteiger partial charge is 0.478 e. The van der Waals surface area contributed by atoms with Gasteiger partial charge in [0.2, 0.25) is 0 Å². The van der Waals surface area contributed by atoms with Crippen molar-refractivity contribution in [2.75, 3.05) is 27.4 Å². The second-order valence-electron chi connectivity index (χ2n) is 4.70. The number of carboxylic acid groups (broad SMARTS) is 1. The van der Waals surface area contributed by atoms with Crippen molar-refractivity contribution in [2.24, 2.45) is 0 Å². The summed E-state index contributed by atoms with van der Waals surface area (Å²) in [5.74, 6) is -6.11. The van der Waals surface area contributed by atoms with Crippen LogP contribution in [0.3, 0.4) is 0 Å². The molecule has 12 heteroatoms. The Labute approximate surface area is 171 Å². The Morgan fingerprint density at radius 2 is 1.03 bits per heavy atom. The Morgan fingerprint density at radius 3 is 1.43 bits per heavy atom. The van der Waals surface area contributed by atoms with E-state index >= 15 is 0 Å². The molecule has 1 unspecified atom stereocenters. The zero-order valence-electron chi connectivity index (χ0n) is 15.4. The van der Waals surface area contributed by atoms with E-state index < -0.39 is 55.1 Å². The maximum Gasteiger partial charge on any atom is 0.331 e. The summed E-state index contributed by atoms with van der Waals surface area (Å²) in [4.78, 5) is 66.8. The number of aliphatic carboxylic acids is 1. The Hall–Kier alpha value is -3.96. The molecule has 1 N–H and O–H groups in total. The van der Waals surface area contributed by atoms with E-state index in [1.807, 2.05) is 0 Å². The first-order chi connectivity index (χ1) is 13.7. The zero-order valence-corrected chi connectivity index (χ0v) is 15.4. The van der Waals surface area contributed by atoms with Crippen molar-refractivity contribution in [3.8, 4) is 0 Å². The molecule has 0 aliphatic carbocycles. The average molecular weight is 430 g/mol. The molecule has 0 heterocycles. The van der Waals surface area contributed by atoms with E-state index in [9.17, 15) is 28.8 Å². The molecule has 166 valence electrons. The summed E-state index contributed by atoms with van der Waals surface area (Å²) < 4.78 is 22.9. The smallest absolute Gasteiger partial charge is 0.331 e. The van der Waals surface area contributed by atoms with Crippen LogP contribution >= 0.6 is 0 Å². The number of hydrogen-bond donors (Lipinski definition) is 1. The topological polar surface area (TPSA) is 169 Å². The number of esters is 5. The third kappa shape index (κ3) is 15.1. The van der Waals surface area contributed by atoms with Crippen LogP contribution in [0.2, 0.25) is 0 Å². The van der Waals surface area contributed by atoms with Crippen molar-refractivity contribution in [1.82, 2.24) is 0 Å². The lowest BCUT2D eigenvalue weighted by molar-refractivity contribution is -0.160. The van der Waals surface area contributed by atoms with Gasteiger partial charge in [0.05, 0.1) is 14.2 Å². The lowest BCUT2D eigenvalue weighted by atomic mass is 10.4. The molecule has 30 heavy (non-hydrogen) atoms. The van der Waals surface area contributed by atoms with Crippen molar-refractivity contribution >= 4 is 35.8 Å². The molecule has 0 radical (unpaired) electrons. The minimum absolute atomic E-state index is 0. The number of methoxy groups -OCH3 is 2. The molecular weight excluding hydrogens is 408 g/mol. The quantitative estimate of drug-likeness (QED) is 0.259. The highest BCUT2D eigenvalue weighted by molar-refractivity contribution is 5.92. The van der Waals surface area contributed by atoms with Gasteiger partial charge in [0, 0.05) is 36.5 Å². The summed E-state index contributed by atoms with van der Waals surface area (Å²) >= 11 is 0. The fourth-order valence-corrected chi connectivity index (χ4v) is 1.31. The van der Waals surface area contributed by atoms with Gasteiger partial charge in [0.1, 0.15) is 13.2 Å². The standard InChI is InChI=1S/C17H18O12.CH4/c1-25-13(20)5-7-16(23)28-10-11(9-27-15(22)4-3-12(18)19)29-17(24)8-6-14(21)26-2;/h3-8,11H,9-10H2,1-2H3,(H,18,19);1H4/b4-3+,7-5+,8-6+;. The highest BCUT2D eigenvalue weighted by Gasteiger charge is 2.18. The summed E-state index contributed by atoms with van der Waals surface area (Å²) in [6.45, 7) is -1.19. The fraction of sp³-hybridized carbons (Fsp3) is 0.333. The predicted molar refractivity (Wildman–Crippen MR) is 97.6 cm³/mol. The third-order valence-corrected chi connectivity index (χ3v) is 2.58. The van der Waals surface area contributed by atoms with Gasteiger partial charge in [-0.3, -0.25) is 0 Å². The Bertz CT molecular complexity index is 717. The van der Waals surface area contributed by atoms with E-state index in [0.29, 0.717) is 12.2 Å². The molecule has 0 aromatic carbocycles. The van der Waals surface area contributed by atoms with E-state index in [0.717, 1.165) is 38.5 Å². The SMILES string of the molecule is C.COC(=O)/C=C/C(=O)OCC(COC(=O)/C=C/C(=O)O)OC(=O)/C=C/C(=O)OC. The van der Waals surface area contributed by atoms with Crippen LogP contribution in [0.4, 0.5) is 0 Å². The number of hydrogen-bond acceptors (Lipinski definition) is 11. The van der Waals surface area contributed by atoms with Gasteiger partial charge in [-0.25, -0.2) is 28.8 Å². The summed E-state index contributed by atoms with van der Waals surface area (Å²) in [6.07, 6.45) is 2.88. The Morgan fingerprint density at radius 1 is 0.667 bits per heavy atom. The van der Waals surface area contributed by atoms with E-state index in [-0.39, 0.29) is 7.43 Å². The lowest BCUT2D eigenvalue weighted by Gasteiger charge is -2.16. The summed E-state index contributed by atoms with van der Waals surface area (Å²) in [7, 11) is 2.19. The Kier molecular flexibility index (Phi) is 15.1. The number of carboxylic acids is 1. The van der Waals surface area contributed by atoms with Crippen LogP contribution in [0.25, 0.3) is 0 Å². The number of rotatable bonds is 11. The molecule has 12 nitrogen and oxygen atoms in total. The average Bonchev–Trinajstić information content (AvgIpc) is 2.70. The molecule has 1 atom stereocenters. The van der Waals surface area contributed by atoms with Crippen LogP contribution < -0.4 is 0 Å². The van der Waals surface area contributed by atoms with Gasteiger partial charge in [-0.2, -0.15) is 0 Å². The van der Waals surface area contributed by atoms with Crippen LogP contribution in [-0.2, 0) is 52.5 Å². The predicted octanol–water partition coefficient (Wildman–Crippen LogP) is -0.280. The van der Waals surface area contributed by atoms with Crippen LogP contribution in [0, 0.1) is 0 Å². The second-order valence-corrected chi connectivity index (χ2v) is 4.70. The molecule has 0 spiro atoms. The third-order valence-electron chi connectivity index (χ3n) is 2.58. The highest BCUT2D eigenvalue weighted by Crippen LogP contribution is 2.00. The van der Waals surface area contributed by atoms with Crippen LogP contribution in [0.5, 0.6) is 0 Å². The second kappa shape index (κ2) is 16.0. The van der Waals surface area contributed by atoms with Crippen molar-refractivity contribution in [2.45, 2.75) is 13.5 Å². The molecule has 0 rings (SSSR count). The van der Waals surface area contributed by atoms with Gasteiger partial charge >= 0.3 is 35.8 Å². The molecule has 0 saturated heterocycles. The summed E-state index contributed by atoms with van der Waals surface area (Å²) in [5.41, 5.74) is 0. The normalized spacial score (nSPS) is 11.4. The first-order valence-corrected chi connectivity index (χ1v) is 7.65. The number of ether oxygens (including phenoxy) is 5. The molecule has 0 aromatic heterocycles. The van der Waals surface area contributed by atoms with E-state index in [2.05, 4.69) is 14.2 Å². The number of carbonyl (C=O) groups excluding carboxylic acids is 5. The van der Waals surface area contributed by atoms with Crippen LogP contribution in [-0.4, -0.2) is 74.5 Å². The van der Waals surface area contributed by atoms with E-state index in [4.69, 9.17) is 14.6 Å². The fourth-order valence-electron chi connectivity index (χ4n) is 1.31. The van der Waals surface area contributed by atoms with Gasteiger partial charge in [-0.05, 0) is 0 Å². The molecule has 0 fully saturated rings. The van der Waals surface area contributed by atoms with Gasteiger partial charge in [0.25, 0.3) is 0 Å². The molecule has 0 amide bonds. The minimum atomic E-state index is -1.39. The molecule has 0 aliphatic rings. The van der Waals surface area contributed by atoms with E-state index in [1.54, 1.807) is 0 Å². The molecule has 0 bridgehead atoms. The van der Waals surface area contributed by atoms with Crippen molar-refractivity contribution in [1.29, 1.82) is 0 Å². The Balaban J connectivity index is 0. The van der Waals surface area contributed by atoms with Crippen LogP contribution in [0.15, 0.2) is 36.5 Å². The molecular formula is C18H22O12. The summed E-state index contributed by atoms with van der Waals surface area (Å²) in [5, 5.41) is 8.43. The van der Waals surface area contributed by atoms with Gasteiger partial charge in [-0.1, -0.05) is 7.43 Å². The van der Waals surface area contributed by atoms with Gasteiger partial charge < -0.3 is 28.8 Å². The van der Waals surface area contributed by atoms with Crippen molar-refractivity contribution in [3.63, 3.8) is 0 Å². The minimum Gasteiger partial charge on any atom is -0.478 e. The van der Waals surface area contributed by atoms with Crippen LogP contribution in [0.1, 0.15) is 7.43 Å². The molecule has 0 saturated carbocycles. The van der Waals surface area contributed by atoms with Crippen molar-refractivity contribution in [3.05, 3.63) is 36.5 Å². The zero-order chi connectivity index (χ0) is 22.2. The lowest BCUT2D eigenvalue weighted by Crippen LogP contribution is -2.30. The molecule has 0 aromatic rings. The van der Waals surface area contributed by atoms with Crippen molar-refractivity contribution < 1.29 is 57.6 Å².